The molecule has 4 aromatic rings. The van der Waals surface area contributed by atoms with Gasteiger partial charge in [-0.2, -0.15) is 4.57 Å². The fraction of sp³-hybridized carbons (Fsp3) is 0.172. The molecule has 2 aromatic carbocycles. The van der Waals surface area contributed by atoms with Gasteiger partial charge in [-0.3, -0.25) is 0 Å². The molecule has 0 aliphatic rings. The van der Waals surface area contributed by atoms with Crippen molar-refractivity contribution in [3.05, 3.63) is 114 Å². The zero-order chi connectivity index (χ0) is 24.1. The lowest BCUT2D eigenvalue weighted by atomic mass is 9.88. The van der Waals surface area contributed by atoms with Crippen LogP contribution in [0, 0.1) is 0 Å². The maximum atomic E-state index is 13.7. The quantitative estimate of drug-likeness (QED) is 0.180. The Morgan fingerprint density at radius 1 is 0.882 bits per heavy atom. The van der Waals surface area contributed by atoms with E-state index in [-0.39, 0.29) is 11.2 Å². The molecule has 0 radical (unpaired) electrons. The second-order valence-corrected chi connectivity index (χ2v) is 9.54. The highest BCUT2D eigenvalue weighted by Crippen LogP contribution is 2.23. The SMILES string of the molecule is CC(C)(C)c1cc[n+](C(C(=S)NCc2ccco2)=C([O-])c2ccc(-c3ccccc3)cc2)cc1. The van der Waals surface area contributed by atoms with Crippen LogP contribution in [0.2, 0.25) is 0 Å². The van der Waals surface area contributed by atoms with Gasteiger partial charge in [-0.1, -0.05) is 87.6 Å². The monoisotopic (exact) mass is 468 g/mol. The van der Waals surface area contributed by atoms with E-state index in [0.29, 0.717) is 22.8 Å². The van der Waals surface area contributed by atoms with Crippen molar-refractivity contribution in [2.75, 3.05) is 0 Å². The molecule has 0 saturated carbocycles. The molecule has 0 aliphatic heterocycles. The van der Waals surface area contributed by atoms with Crippen LogP contribution in [0.3, 0.4) is 0 Å². The van der Waals surface area contributed by atoms with Crippen LogP contribution < -0.4 is 15.0 Å². The van der Waals surface area contributed by atoms with Gasteiger partial charge in [0, 0.05) is 12.1 Å². The number of hydrogen-bond acceptors (Lipinski definition) is 3. The Balaban J connectivity index is 1.70. The van der Waals surface area contributed by atoms with Crippen LogP contribution in [0.4, 0.5) is 0 Å². The maximum Gasteiger partial charge on any atom is 0.237 e. The normalized spacial score (nSPS) is 12.2. The van der Waals surface area contributed by atoms with Gasteiger partial charge in [0.2, 0.25) is 5.70 Å². The largest absolute Gasteiger partial charge is 0.867 e. The molecule has 0 saturated heterocycles. The summed E-state index contributed by atoms with van der Waals surface area (Å²) in [6.45, 7) is 6.88. The lowest BCUT2D eigenvalue weighted by Gasteiger charge is -2.19. The minimum Gasteiger partial charge on any atom is -0.867 e. The molecule has 172 valence electrons. The van der Waals surface area contributed by atoms with Crippen LogP contribution in [0.25, 0.3) is 22.6 Å². The molecule has 4 nitrogen and oxygen atoms in total. The van der Waals surface area contributed by atoms with E-state index in [4.69, 9.17) is 16.6 Å². The molecular weight excluding hydrogens is 440 g/mol. The molecule has 2 aromatic heterocycles. The summed E-state index contributed by atoms with van der Waals surface area (Å²) >= 11 is 5.68. The molecule has 0 spiro atoms. The van der Waals surface area contributed by atoms with Crippen LogP contribution in [-0.4, -0.2) is 4.99 Å². The van der Waals surface area contributed by atoms with Gasteiger partial charge in [-0.25, -0.2) is 0 Å². The topological polar surface area (TPSA) is 52.1 Å². The summed E-state index contributed by atoms with van der Waals surface area (Å²) in [5.74, 6) is 0.597. The Kier molecular flexibility index (Phi) is 6.94. The average Bonchev–Trinajstić information content (AvgIpc) is 3.37. The standard InChI is InChI=1S/C29H28N2O2S/c1-29(2,3)24-15-17-31(18-16-24)26(28(34)30-20-25-10-7-19-33-25)27(32)23-13-11-22(12-14-23)21-8-5-4-6-9-21/h4-19H,20H2,1-3H3,(H-,30,32,34). The van der Waals surface area contributed by atoms with E-state index in [0.717, 1.165) is 16.9 Å². The Morgan fingerprint density at radius 3 is 2.12 bits per heavy atom. The molecule has 0 unspecified atom stereocenters. The van der Waals surface area contributed by atoms with Gasteiger partial charge >= 0.3 is 0 Å². The van der Waals surface area contributed by atoms with Crippen molar-refractivity contribution in [1.82, 2.24) is 5.32 Å². The number of thiocarbonyl (C=S) groups is 1. The first-order chi connectivity index (χ1) is 16.3. The van der Waals surface area contributed by atoms with Gasteiger partial charge in [-0.05, 0) is 45.6 Å². The molecule has 0 amide bonds. The van der Waals surface area contributed by atoms with E-state index in [1.54, 1.807) is 10.8 Å². The van der Waals surface area contributed by atoms with Crippen LogP contribution in [0.1, 0.15) is 37.7 Å². The highest BCUT2D eigenvalue weighted by molar-refractivity contribution is 7.81. The van der Waals surface area contributed by atoms with Gasteiger partial charge in [0.05, 0.1) is 12.8 Å². The molecular formula is C29H28N2O2S. The first-order valence-corrected chi connectivity index (χ1v) is 11.6. The van der Waals surface area contributed by atoms with Crippen LogP contribution in [-0.2, 0) is 12.0 Å². The van der Waals surface area contributed by atoms with E-state index in [9.17, 15) is 5.11 Å². The van der Waals surface area contributed by atoms with E-state index >= 15 is 0 Å². The third-order valence-electron chi connectivity index (χ3n) is 5.64. The first-order valence-electron chi connectivity index (χ1n) is 11.2. The summed E-state index contributed by atoms with van der Waals surface area (Å²) in [5, 5.41) is 16.8. The first kappa shape index (κ1) is 23.5. The number of pyridine rings is 1. The van der Waals surface area contributed by atoms with Crippen molar-refractivity contribution < 1.29 is 14.1 Å². The second-order valence-electron chi connectivity index (χ2n) is 9.13. The van der Waals surface area contributed by atoms with Gasteiger partial charge in [0.25, 0.3) is 0 Å². The zero-order valence-electron chi connectivity index (χ0n) is 19.6. The Bertz CT molecular complexity index is 1270. The van der Waals surface area contributed by atoms with Crippen LogP contribution in [0.5, 0.6) is 0 Å². The third-order valence-corrected chi connectivity index (χ3v) is 5.98. The lowest BCUT2D eigenvalue weighted by Crippen LogP contribution is -2.42. The minimum atomic E-state index is -0.148. The molecule has 0 aliphatic carbocycles. The summed E-state index contributed by atoms with van der Waals surface area (Å²) in [6, 6.07) is 25.5. The number of rotatable bonds is 6. The molecule has 34 heavy (non-hydrogen) atoms. The molecule has 0 bridgehead atoms. The molecule has 0 atom stereocenters. The van der Waals surface area contributed by atoms with Crippen molar-refractivity contribution in [2.45, 2.75) is 32.7 Å². The van der Waals surface area contributed by atoms with E-state index in [2.05, 4.69) is 38.2 Å². The lowest BCUT2D eigenvalue weighted by molar-refractivity contribution is -0.578. The summed E-state index contributed by atoms with van der Waals surface area (Å²) in [5.41, 5.74) is 4.32. The fourth-order valence-electron chi connectivity index (χ4n) is 3.66. The molecule has 1 N–H and O–H groups in total. The van der Waals surface area contributed by atoms with Crippen LogP contribution >= 0.6 is 12.2 Å². The minimum absolute atomic E-state index is 0.00851. The second kappa shape index (κ2) is 10.1. The molecule has 0 fully saturated rings. The number of hydrogen-bond donors (Lipinski definition) is 1. The predicted molar refractivity (Wildman–Crippen MR) is 138 cm³/mol. The number of aromatic nitrogens is 1. The summed E-state index contributed by atoms with van der Waals surface area (Å²) in [6.07, 6.45) is 5.41. The van der Waals surface area contributed by atoms with Crippen molar-refractivity contribution in [3.63, 3.8) is 0 Å². The highest BCUT2D eigenvalue weighted by atomic mass is 32.1. The third kappa shape index (κ3) is 5.43. The summed E-state index contributed by atoms with van der Waals surface area (Å²) < 4.78 is 7.19. The van der Waals surface area contributed by atoms with Gasteiger partial charge < -0.3 is 14.8 Å². The number of benzene rings is 2. The highest BCUT2D eigenvalue weighted by Gasteiger charge is 2.21. The van der Waals surface area contributed by atoms with Crippen molar-refractivity contribution >= 4 is 28.7 Å². The average molecular weight is 469 g/mol. The zero-order valence-corrected chi connectivity index (χ0v) is 20.4. The van der Waals surface area contributed by atoms with E-state index in [1.807, 2.05) is 79.1 Å². The smallest absolute Gasteiger partial charge is 0.237 e. The van der Waals surface area contributed by atoms with E-state index in [1.165, 1.54) is 5.56 Å². The number of nitrogens with zero attached hydrogens (tertiary/aromatic N) is 1. The van der Waals surface area contributed by atoms with Crippen molar-refractivity contribution in [3.8, 4) is 11.1 Å². The van der Waals surface area contributed by atoms with Gasteiger partial charge in [0.15, 0.2) is 17.4 Å². The van der Waals surface area contributed by atoms with Crippen molar-refractivity contribution in [1.29, 1.82) is 0 Å². The van der Waals surface area contributed by atoms with E-state index < -0.39 is 0 Å². The molecule has 5 heteroatoms. The summed E-state index contributed by atoms with van der Waals surface area (Å²) in [7, 11) is 0. The Hall–Kier alpha value is -3.70. The van der Waals surface area contributed by atoms with Gasteiger partial charge in [-0.15, -0.1) is 0 Å². The molecule has 4 rings (SSSR count). The Labute approximate surface area is 206 Å². The summed E-state index contributed by atoms with van der Waals surface area (Å²) in [4.78, 5) is 0.363. The number of nitrogens with one attached hydrogen (secondary N) is 1. The predicted octanol–water partition coefficient (Wildman–Crippen LogP) is 5.33. The molecule has 2 heterocycles. The van der Waals surface area contributed by atoms with Gasteiger partial charge in [0.1, 0.15) is 5.76 Å². The Morgan fingerprint density at radius 2 is 1.53 bits per heavy atom. The number of furan rings is 1. The van der Waals surface area contributed by atoms with Crippen molar-refractivity contribution in [2.24, 2.45) is 0 Å². The fourth-order valence-corrected chi connectivity index (χ4v) is 3.93. The van der Waals surface area contributed by atoms with Crippen LogP contribution in [0.15, 0.2) is 102 Å². The maximum absolute atomic E-state index is 13.7.